The normalized spacial score (nSPS) is 10.2. The number of hydrogen-bond donors (Lipinski definition) is 0. The summed E-state index contributed by atoms with van der Waals surface area (Å²) < 4.78 is 7.51. The second-order valence-electron chi connectivity index (χ2n) is 5.59. The van der Waals surface area contributed by atoms with Gasteiger partial charge in [0.2, 0.25) is 0 Å². The van der Waals surface area contributed by atoms with Gasteiger partial charge < -0.3 is 9.30 Å². The van der Waals surface area contributed by atoms with Crippen molar-refractivity contribution in [1.82, 2.24) is 4.57 Å². The second kappa shape index (κ2) is 7.17. The first kappa shape index (κ1) is 16.2. The van der Waals surface area contributed by atoms with Crippen LogP contribution in [-0.2, 0) is 7.05 Å². The molecule has 0 saturated heterocycles. The smallest absolute Gasteiger partial charge is 0.119 e. The lowest BCUT2D eigenvalue weighted by molar-refractivity contribution is 0.415. The number of aromatic nitrogens is 1. The molecule has 22 heavy (non-hydrogen) atoms. The monoisotopic (exact) mass is 297 g/mol. The highest BCUT2D eigenvalue weighted by molar-refractivity contribution is 5.88. The number of benzene rings is 2. The molecule has 0 radical (unpaired) electrons. The molecule has 3 rings (SSSR count). The van der Waals surface area contributed by atoms with Gasteiger partial charge in [-0.05, 0) is 36.8 Å². The molecule has 0 unspecified atom stereocenters. The molecule has 1 aromatic heterocycles. The minimum atomic E-state index is 0. The van der Waals surface area contributed by atoms with Crippen LogP contribution in [0.15, 0.2) is 48.5 Å². The Kier molecular flexibility index (Phi) is 5.26. The molecular weight excluding hydrogens is 270 g/mol. The molecule has 2 aromatic carbocycles. The average Bonchev–Trinajstić information content (AvgIpc) is 2.85. The van der Waals surface area contributed by atoms with Gasteiger partial charge in [-0.1, -0.05) is 50.1 Å². The molecule has 0 bridgehead atoms. The van der Waals surface area contributed by atoms with Crippen molar-refractivity contribution in [3.05, 3.63) is 54.1 Å². The summed E-state index contributed by atoms with van der Waals surface area (Å²) in [7, 11) is 3.80. The molecule has 1 heterocycles. The van der Waals surface area contributed by atoms with Crippen molar-refractivity contribution in [3.8, 4) is 17.0 Å². The molecule has 2 nitrogen and oxygen atoms in total. The molecule has 0 saturated carbocycles. The van der Waals surface area contributed by atoms with Crippen molar-refractivity contribution in [2.45, 2.75) is 27.2 Å². The van der Waals surface area contributed by atoms with Gasteiger partial charge in [-0.15, -0.1) is 0 Å². The summed E-state index contributed by atoms with van der Waals surface area (Å²) in [6.07, 6.45) is 1.25. The minimum Gasteiger partial charge on any atom is -0.497 e. The molecule has 0 amide bonds. The van der Waals surface area contributed by atoms with Gasteiger partial charge in [0.25, 0.3) is 0 Å². The number of hydrogen-bond acceptors (Lipinski definition) is 1. The van der Waals surface area contributed by atoms with Crippen LogP contribution in [0.4, 0.5) is 0 Å². The Morgan fingerprint density at radius 3 is 2.23 bits per heavy atom. The summed E-state index contributed by atoms with van der Waals surface area (Å²) in [6.45, 7) is 6.36. The van der Waals surface area contributed by atoms with Crippen LogP contribution in [-0.4, -0.2) is 11.7 Å². The number of nitrogens with zero attached hydrogens (tertiary/aromatic N) is 1. The fourth-order valence-corrected chi connectivity index (χ4v) is 2.46. The molecule has 0 spiro atoms. The van der Waals surface area contributed by atoms with Crippen molar-refractivity contribution in [2.24, 2.45) is 7.05 Å². The molecule has 118 valence electrons. The van der Waals surface area contributed by atoms with E-state index < -0.39 is 0 Å². The van der Waals surface area contributed by atoms with E-state index >= 15 is 0 Å². The van der Waals surface area contributed by atoms with Gasteiger partial charge in [0.1, 0.15) is 5.75 Å². The summed E-state index contributed by atoms with van der Waals surface area (Å²) in [5.74, 6) is 0.897. The topological polar surface area (TPSA) is 14.2 Å². The number of ether oxygens (including phenoxy) is 1. The lowest BCUT2D eigenvalue weighted by Gasteiger charge is -2.05. The van der Waals surface area contributed by atoms with Crippen LogP contribution >= 0.6 is 0 Å². The zero-order chi connectivity index (χ0) is 16.1. The minimum absolute atomic E-state index is 0. The average molecular weight is 297 g/mol. The van der Waals surface area contributed by atoms with Crippen molar-refractivity contribution in [1.29, 1.82) is 0 Å². The molecule has 0 aliphatic heterocycles. The summed E-state index contributed by atoms with van der Waals surface area (Å²) in [5, 5.41) is 1.21. The van der Waals surface area contributed by atoms with Crippen LogP contribution in [0.5, 0.6) is 5.75 Å². The molecular formula is C20H27NO. The van der Waals surface area contributed by atoms with E-state index in [1.807, 2.05) is 6.07 Å². The first-order valence-electron chi connectivity index (χ1n) is 7.81. The number of fused-ring (bicyclic) bond motifs is 1. The predicted molar refractivity (Wildman–Crippen MR) is 97.7 cm³/mol. The molecule has 0 fully saturated rings. The summed E-state index contributed by atoms with van der Waals surface area (Å²) in [4.78, 5) is 0. The maximum absolute atomic E-state index is 5.28. The maximum Gasteiger partial charge on any atom is 0.119 e. The Morgan fingerprint density at radius 1 is 1.00 bits per heavy atom. The largest absolute Gasteiger partial charge is 0.497 e. The van der Waals surface area contributed by atoms with E-state index in [-0.39, 0.29) is 1.43 Å². The first-order valence-corrected chi connectivity index (χ1v) is 7.81. The molecule has 0 atom stereocenters. The lowest BCUT2D eigenvalue weighted by Crippen LogP contribution is -1.91. The van der Waals surface area contributed by atoms with Crippen LogP contribution in [0.1, 0.15) is 27.3 Å². The Labute approximate surface area is 134 Å². The quantitative estimate of drug-likeness (QED) is 0.581. The van der Waals surface area contributed by atoms with Crippen LogP contribution in [0, 0.1) is 6.92 Å². The van der Waals surface area contributed by atoms with E-state index in [0.29, 0.717) is 0 Å². The Hall–Kier alpha value is -2.22. The number of methoxy groups -OCH3 is 1. The van der Waals surface area contributed by atoms with Gasteiger partial charge in [-0.3, -0.25) is 0 Å². The van der Waals surface area contributed by atoms with E-state index in [1.54, 1.807) is 7.11 Å². The van der Waals surface area contributed by atoms with Crippen LogP contribution in [0.25, 0.3) is 22.2 Å². The fraction of sp³-hybridized carbons (Fsp3) is 0.300. The van der Waals surface area contributed by atoms with Gasteiger partial charge >= 0.3 is 0 Å². The van der Waals surface area contributed by atoms with E-state index in [0.717, 1.165) is 5.75 Å². The third-order valence-electron chi connectivity index (χ3n) is 3.60. The number of rotatable bonds is 2. The highest BCUT2D eigenvalue weighted by Gasteiger charge is 2.08. The Bertz CT molecular complexity index is 744. The van der Waals surface area contributed by atoms with Gasteiger partial charge in [0, 0.05) is 25.1 Å². The zero-order valence-electron chi connectivity index (χ0n) is 14.2. The van der Waals surface area contributed by atoms with E-state index in [1.165, 1.54) is 34.1 Å². The van der Waals surface area contributed by atoms with Crippen LogP contribution in [0.2, 0.25) is 0 Å². The van der Waals surface area contributed by atoms with Crippen LogP contribution in [0.3, 0.4) is 0 Å². The van der Waals surface area contributed by atoms with E-state index in [4.69, 9.17) is 4.74 Å². The number of aryl methyl sites for hydroxylation is 2. The van der Waals surface area contributed by atoms with Crippen molar-refractivity contribution in [2.75, 3.05) is 7.11 Å². The SMILES string of the molecule is CCC.COc1ccc2c(c1)cc(-c1ccc(C)cc1)n2C.[HH]. The van der Waals surface area contributed by atoms with Gasteiger partial charge in [0.15, 0.2) is 0 Å². The molecule has 0 aliphatic rings. The Morgan fingerprint density at radius 2 is 1.64 bits per heavy atom. The third-order valence-corrected chi connectivity index (χ3v) is 3.60. The van der Waals surface area contributed by atoms with Crippen molar-refractivity contribution in [3.63, 3.8) is 0 Å². The molecule has 0 aliphatic carbocycles. The summed E-state index contributed by atoms with van der Waals surface area (Å²) in [6, 6.07) is 17.0. The second-order valence-corrected chi connectivity index (χ2v) is 5.59. The summed E-state index contributed by atoms with van der Waals surface area (Å²) >= 11 is 0. The van der Waals surface area contributed by atoms with Crippen LogP contribution < -0.4 is 4.74 Å². The molecule has 3 aromatic rings. The maximum atomic E-state index is 5.28. The van der Waals surface area contributed by atoms with Crippen molar-refractivity contribution >= 4 is 10.9 Å². The van der Waals surface area contributed by atoms with E-state index in [9.17, 15) is 0 Å². The molecule has 2 heteroatoms. The standard InChI is InChI=1S/C17H17NO.C3H8.H2/c1-12-4-6-13(7-5-12)17-11-14-10-15(19-3)8-9-16(14)18(17)2;1-3-2;/h4-11H,1-3H3;3H2,1-2H3;1H. The van der Waals surface area contributed by atoms with Gasteiger partial charge in [-0.25, -0.2) is 0 Å². The van der Waals surface area contributed by atoms with Gasteiger partial charge in [0.05, 0.1) is 7.11 Å². The molecule has 0 N–H and O–H groups in total. The van der Waals surface area contributed by atoms with Crippen molar-refractivity contribution < 1.29 is 6.16 Å². The zero-order valence-corrected chi connectivity index (χ0v) is 14.2. The predicted octanol–water partition coefficient (Wildman–Crippen LogP) is 5.82. The lowest BCUT2D eigenvalue weighted by atomic mass is 10.1. The third kappa shape index (κ3) is 3.33. The first-order chi connectivity index (χ1) is 10.6. The highest BCUT2D eigenvalue weighted by Crippen LogP contribution is 2.29. The fourth-order valence-electron chi connectivity index (χ4n) is 2.46. The highest BCUT2D eigenvalue weighted by atomic mass is 16.5. The van der Waals surface area contributed by atoms with E-state index in [2.05, 4.69) is 74.9 Å². The Balaban J connectivity index is 0.000000615. The summed E-state index contributed by atoms with van der Waals surface area (Å²) in [5.41, 5.74) is 4.96. The van der Waals surface area contributed by atoms with Gasteiger partial charge in [-0.2, -0.15) is 0 Å².